The van der Waals surface area contributed by atoms with Crippen molar-refractivity contribution in [1.82, 2.24) is 0 Å². The fourth-order valence-electron chi connectivity index (χ4n) is 8.80. The van der Waals surface area contributed by atoms with E-state index in [4.69, 9.17) is 14.2 Å². The van der Waals surface area contributed by atoms with E-state index in [0.29, 0.717) is 19.3 Å². The van der Waals surface area contributed by atoms with E-state index in [0.717, 1.165) is 57.8 Å². The molecule has 0 N–H and O–H groups in total. The minimum Gasteiger partial charge on any atom is -0.462 e. The molecule has 0 aliphatic carbocycles. The van der Waals surface area contributed by atoms with Gasteiger partial charge in [0.05, 0.1) is 0 Å². The van der Waals surface area contributed by atoms with Gasteiger partial charge in [0.15, 0.2) is 6.10 Å². The van der Waals surface area contributed by atoms with Crippen LogP contribution in [0.15, 0.2) is 0 Å². The van der Waals surface area contributed by atoms with Crippen LogP contribution in [0.25, 0.3) is 0 Å². The fraction of sp³-hybridized carbons (Fsp3) is 0.947. The normalized spacial score (nSPS) is 11.9. The smallest absolute Gasteiger partial charge is 0.306 e. The molecule has 1 unspecified atom stereocenters. The van der Waals surface area contributed by atoms with E-state index in [1.54, 1.807) is 0 Å². The molecule has 0 amide bonds. The van der Waals surface area contributed by atoms with Crippen LogP contribution in [-0.4, -0.2) is 37.2 Å². The summed E-state index contributed by atoms with van der Waals surface area (Å²) in [6.45, 7) is 6.60. The molecular formula is C57H110O6. The van der Waals surface area contributed by atoms with Crippen LogP contribution in [0.1, 0.15) is 329 Å². The first kappa shape index (κ1) is 61.4. The summed E-state index contributed by atoms with van der Waals surface area (Å²) in [5, 5.41) is 0. The van der Waals surface area contributed by atoms with Gasteiger partial charge >= 0.3 is 17.9 Å². The molecule has 0 aromatic heterocycles. The van der Waals surface area contributed by atoms with Gasteiger partial charge in [-0.1, -0.05) is 290 Å². The third kappa shape index (κ3) is 51.3. The molecular weight excluding hydrogens is 781 g/mol. The van der Waals surface area contributed by atoms with Crippen molar-refractivity contribution in [3.8, 4) is 0 Å². The number of unbranched alkanes of at least 4 members (excludes halogenated alkanes) is 42. The lowest BCUT2D eigenvalue weighted by atomic mass is 10.0. The summed E-state index contributed by atoms with van der Waals surface area (Å²) in [6, 6.07) is 0. The molecule has 0 aliphatic rings. The minimum absolute atomic E-state index is 0.0636. The van der Waals surface area contributed by atoms with Crippen LogP contribution in [0, 0.1) is 0 Å². The summed E-state index contributed by atoms with van der Waals surface area (Å²) in [7, 11) is 0. The molecule has 0 spiro atoms. The Labute approximate surface area is 393 Å². The van der Waals surface area contributed by atoms with Gasteiger partial charge in [-0.15, -0.1) is 0 Å². The Kier molecular flexibility index (Phi) is 51.7. The first-order valence-corrected chi connectivity index (χ1v) is 28.5. The Morgan fingerprint density at radius 1 is 0.254 bits per heavy atom. The van der Waals surface area contributed by atoms with Crippen LogP contribution in [0.3, 0.4) is 0 Å². The standard InChI is InChI=1S/C57H110O6/c1-4-7-10-13-16-17-18-19-20-21-22-23-24-25-26-27-28-29-30-31-32-33-34-35-36-37-38-39-42-44-47-50-56(59)62-53-54(63-57(60)51-48-45-41-15-12-9-6-3)52-61-55(58)49-46-43-40-14-11-8-5-2/h54H,4-53H2,1-3H3. The van der Waals surface area contributed by atoms with Gasteiger partial charge in [-0.2, -0.15) is 0 Å². The van der Waals surface area contributed by atoms with E-state index in [9.17, 15) is 14.4 Å². The van der Waals surface area contributed by atoms with Crippen molar-refractivity contribution in [1.29, 1.82) is 0 Å². The zero-order valence-corrected chi connectivity index (χ0v) is 42.9. The molecule has 63 heavy (non-hydrogen) atoms. The first-order chi connectivity index (χ1) is 31.0. The van der Waals surface area contributed by atoms with Crippen LogP contribution in [-0.2, 0) is 28.6 Å². The predicted octanol–water partition coefficient (Wildman–Crippen LogP) is 18.8. The molecule has 1 atom stereocenters. The van der Waals surface area contributed by atoms with Crippen LogP contribution in [0.2, 0.25) is 0 Å². The van der Waals surface area contributed by atoms with Crippen molar-refractivity contribution < 1.29 is 28.6 Å². The van der Waals surface area contributed by atoms with E-state index in [-0.39, 0.29) is 31.1 Å². The largest absolute Gasteiger partial charge is 0.462 e. The molecule has 0 aromatic carbocycles. The quantitative estimate of drug-likeness (QED) is 0.0344. The summed E-state index contributed by atoms with van der Waals surface area (Å²) in [6.07, 6.45) is 58.9. The molecule has 0 heterocycles. The zero-order chi connectivity index (χ0) is 45.8. The van der Waals surface area contributed by atoms with Crippen molar-refractivity contribution in [3.05, 3.63) is 0 Å². The zero-order valence-electron chi connectivity index (χ0n) is 42.9. The highest BCUT2D eigenvalue weighted by molar-refractivity contribution is 5.71. The summed E-state index contributed by atoms with van der Waals surface area (Å²) in [4.78, 5) is 37.6. The van der Waals surface area contributed by atoms with Crippen LogP contribution < -0.4 is 0 Å². The van der Waals surface area contributed by atoms with Gasteiger partial charge in [0.1, 0.15) is 13.2 Å². The molecule has 0 aliphatic heterocycles. The molecule has 6 nitrogen and oxygen atoms in total. The number of ether oxygens (including phenoxy) is 3. The third-order valence-electron chi connectivity index (χ3n) is 13.1. The highest BCUT2D eigenvalue weighted by Crippen LogP contribution is 2.18. The van der Waals surface area contributed by atoms with Gasteiger partial charge in [0.25, 0.3) is 0 Å². The van der Waals surface area contributed by atoms with Crippen LogP contribution >= 0.6 is 0 Å². The third-order valence-corrected chi connectivity index (χ3v) is 13.1. The molecule has 0 aromatic rings. The highest BCUT2D eigenvalue weighted by Gasteiger charge is 2.19. The second kappa shape index (κ2) is 53.0. The molecule has 0 fully saturated rings. The average molecular weight is 892 g/mol. The molecule has 6 heteroatoms. The van der Waals surface area contributed by atoms with Crippen molar-refractivity contribution in [3.63, 3.8) is 0 Å². The molecule has 0 bridgehead atoms. The van der Waals surface area contributed by atoms with E-state index < -0.39 is 6.10 Å². The second-order valence-corrected chi connectivity index (χ2v) is 19.6. The monoisotopic (exact) mass is 891 g/mol. The van der Waals surface area contributed by atoms with Crippen LogP contribution in [0.5, 0.6) is 0 Å². The lowest BCUT2D eigenvalue weighted by molar-refractivity contribution is -0.167. The maximum Gasteiger partial charge on any atom is 0.306 e. The highest BCUT2D eigenvalue weighted by atomic mass is 16.6. The number of esters is 3. The Balaban J connectivity index is 3.79. The first-order valence-electron chi connectivity index (χ1n) is 28.5. The van der Waals surface area contributed by atoms with Gasteiger partial charge < -0.3 is 14.2 Å². The summed E-state index contributed by atoms with van der Waals surface area (Å²) < 4.78 is 16.7. The number of carbonyl (C=O) groups excluding carboxylic acids is 3. The molecule has 0 saturated heterocycles. The van der Waals surface area contributed by atoms with Gasteiger partial charge in [-0.25, -0.2) is 0 Å². The Morgan fingerprint density at radius 3 is 0.635 bits per heavy atom. The molecule has 374 valence electrons. The van der Waals surface area contributed by atoms with Crippen LogP contribution in [0.4, 0.5) is 0 Å². The summed E-state index contributed by atoms with van der Waals surface area (Å²) >= 11 is 0. The van der Waals surface area contributed by atoms with Crippen molar-refractivity contribution >= 4 is 17.9 Å². The summed E-state index contributed by atoms with van der Waals surface area (Å²) in [5.41, 5.74) is 0. The number of hydrogen-bond donors (Lipinski definition) is 0. The second-order valence-electron chi connectivity index (χ2n) is 19.6. The van der Waals surface area contributed by atoms with E-state index in [1.807, 2.05) is 0 Å². The Bertz CT molecular complexity index is 936. The maximum atomic E-state index is 12.6. The molecule has 0 saturated carbocycles. The molecule has 0 radical (unpaired) electrons. The Morgan fingerprint density at radius 2 is 0.429 bits per heavy atom. The Hall–Kier alpha value is -1.59. The van der Waals surface area contributed by atoms with E-state index in [1.165, 1.54) is 231 Å². The van der Waals surface area contributed by atoms with Crippen molar-refractivity contribution in [2.75, 3.05) is 13.2 Å². The SMILES string of the molecule is CCCCCCCCCCCCCCCCCCCCCCCCCCCCCCCCCC(=O)OCC(COC(=O)CCCCCCCCC)OC(=O)CCCCCCCCC. The summed E-state index contributed by atoms with van der Waals surface area (Å²) in [5.74, 6) is -0.860. The predicted molar refractivity (Wildman–Crippen MR) is 270 cm³/mol. The van der Waals surface area contributed by atoms with Crippen molar-refractivity contribution in [2.45, 2.75) is 335 Å². The average Bonchev–Trinajstić information content (AvgIpc) is 3.28. The number of hydrogen-bond acceptors (Lipinski definition) is 6. The van der Waals surface area contributed by atoms with Crippen molar-refractivity contribution in [2.24, 2.45) is 0 Å². The van der Waals surface area contributed by atoms with Gasteiger partial charge in [-0.3, -0.25) is 14.4 Å². The number of rotatable bonds is 53. The topological polar surface area (TPSA) is 78.9 Å². The fourth-order valence-corrected chi connectivity index (χ4v) is 8.80. The molecule has 0 rings (SSSR count). The minimum atomic E-state index is -0.757. The lowest BCUT2D eigenvalue weighted by Crippen LogP contribution is -2.30. The van der Waals surface area contributed by atoms with Gasteiger partial charge in [0.2, 0.25) is 0 Å². The lowest BCUT2D eigenvalue weighted by Gasteiger charge is -2.18. The maximum absolute atomic E-state index is 12.6. The van der Waals surface area contributed by atoms with Gasteiger partial charge in [-0.05, 0) is 19.3 Å². The van der Waals surface area contributed by atoms with E-state index >= 15 is 0 Å². The number of carbonyl (C=O) groups is 3. The van der Waals surface area contributed by atoms with E-state index in [2.05, 4.69) is 20.8 Å². The van der Waals surface area contributed by atoms with Gasteiger partial charge in [0, 0.05) is 19.3 Å².